The highest BCUT2D eigenvalue weighted by Crippen LogP contribution is 2.33. The molecule has 0 saturated carbocycles. The number of halogens is 8. The lowest BCUT2D eigenvalue weighted by molar-refractivity contribution is -0.141. The summed E-state index contributed by atoms with van der Waals surface area (Å²) in [6, 6.07) is 5.96. The van der Waals surface area contributed by atoms with Crippen LogP contribution >= 0.6 is 0 Å². The van der Waals surface area contributed by atoms with E-state index in [4.69, 9.17) is 9.47 Å². The largest absolute Gasteiger partial charge is 0.419 e. The summed E-state index contributed by atoms with van der Waals surface area (Å²) in [5, 5.41) is 4.38. The van der Waals surface area contributed by atoms with Crippen LogP contribution in [0.4, 0.5) is 35.1 Å². The van der Waals surface area contributed by atoms with Crippen LogP contribution in [0.15, 0.2) is 36.4 Å². The van der Waals surface area contributed by atoms with Crippen molar-refractivity contribution in [1.29, 1.82) is 0 Å². The van der Waals surface area contributed by atoms with E-state index in [2.05, 4.69) is 10.0 Å². The molecule has 2 fully saturated rings. The minimum absolute atomic E-state index is 0.0227. The maximum Gasteiger partial charge on any atom is 0.419 e. The fourth-order valence-electron chi connectivity index (χ4n) is 4.79. The van der Waals surface area contributed by atoms with Gasteiger partial charge in [-0.2, -0.15) is 26.3 Å². The summed E-state index contributed by atoms with van der Waals surface area (Å²) in [5.41, 5.74) is -2.38. The summed E-state index contributed by atoms with van der Waals surface area (Å²) < 4.78 is 116. The van der Waals surface area contributed by atoms with Gasteiger partial charge in [-0.1, -0.05) is 18.2 Å². The van der Waals surface area contributed by atoms with Gasteiger partial charge < -0.3 is 9.47 Å². The van der Waals surface area contributed by atoms with Crippen molar-refractivity contribution in [2.75, 3.05) is 26.2 Å². The van der Waals surface area contributed by atoms with Gasteiger partial charge >= 0.3 is 12.4 Å². The van der Waals surface area contributed by atoms with E-state index in [0.29, 0.717) is 63.5 Å². The number of hydrogen-bond donors (Lipinski definition) is 0. The van der Waals surface area contributed by atoms with Crippen LogP contribution < -0.4 is 0 Å². The summed E-state index contributed by atoms with van der Waals surface area (Å²) in [5.74, 6) is -2.62. The standard InChI is InChI=1S/C26H28F8N2O2/c27-23-14-17(4-5-21(23)25(29,30)31)15-37-19-6-10-35(11-7-19)36-12-8-20(9-13-36)38-16-18-2-1-3-22(24(18)28)26(32,33)34/h1-5,14,19-20H,6-13,15-16H2. The molecule has 2 aromatic rings. The molecule has 2 saturated heterocycles. The van der Waals surface area contributed by atoms with Gasteiger partial charge in [0.25, 0.3) is 0 Å². The lowest BCUT2D eigenvalue weighted by Gasteiger charge is -2.43. The van der Waals surface area contributed by atoms with Gasteiger partial charge in [0.2, 0.25) is 0 Å². The first-order valence-corrected chi connectivity index (χ1v) is 12.3. The Balaban J connectivity index is 1.17. The van der Waals surface area contributed by atoms with Crippen LogP contribution in [0, 0.1) is 11.6 Å². The minimum atomic E-state index is -4.76. The maximum absolute atomic E-state index is 14.2. The van der Waals surface area contributed by atoms with Crippen molar-refractivity contribution < 1.29 is 44.6 Å². The van der Waals surface area contributed by atoms with Gasteiger partial charge in [-0.3, -0.25) is 0 Å². The van der Waals surface area contributed by atoms with Gasteiger partial charge in [-0.25, -0.2) is 18.8 Å². The third kappa shape index (κ3) is 7.22. The van der Waals surface area contributed by atoms with Crippen molar-refractivity contribution in [3.8, 4) is 0 Å². The zero-order valence-corrected chi connectivity index (χ0v) is 20.4. The Morgan fingerprint density at radius 3 is 1.71 bits per heavy atom. The molecule has 0 bridgehead atoms. The monoisotopic (exact) mass is 552 g/mol. The Kier molecular flexibility index (Phi) is 8.96. The summed E-state index contributed by atoms with van der Waals surface area (Å²) in [7, 11) is 0. The molecule has 0 spiro atoms. The predicted molar refractivity (Wildman–Crippen MR) is 122 cm³/mol. The topological polar surface area (TPSA) is 24.9 Å². The van der Waals surface area contributed by atoms with Crippen LogP contribution in [0.1, 0.15) is 47.9 Å². The number of piperidine rings is 2. The molecule has 0 atom stereocenters. The average molecular weight is 553 g/mol. The van der Waals surface area contributed by atoms with E-state index < -0.39 is 35.1 Å². The number of benzene rings is 2. The second-order valence-electron chi connectivity index (χ2n) is 9.52. The quantitative estimate of drug-likeness (QED) is 0.363. The lowest BCUT2D eigenvalue weighted by Crippen LogP contribution is -2.52. The number of alkyl halides is 6. The molecule has 0 aliphatic carbocycles. The normalized spacial score (nSPS) is 19.3. The van der Waals surface area contributed by atoms with Crippen molar-refractivity contribution >= 4 is 0 Å². The van der Waals surface area contributed by atoms with Gasteiger partial charge in [0.05, 0.1) is 36.5 Å². The summed E-state index contributed by atoms with van der Waals surface area (Å²) in [4.78, 5) is 0. The van der Waals surface area contributed by atoms with Crippen molar-refractivity contribution in [2.45, 2.75) is 63.5 Å². The Morgan fingerprint density at radius 1 is 0.684 bits per heavy atom. The number of rotatable bonds is 7. The van der Waals surface area contributed by atoms with E-state index in [1.165, 1.54) is 18.2 Å². The molecule has 0 N–H and O–H groups in total. The van der Waals surface area contributed by atoms with E-state index in [9.17, 15) is 35.1 Å². The third-order valence-electron chi connectivity index (χ3n) is 6.92. The Bertz CT molecular complexity index is 1080. The highest BCUT2D eigenvalue weighted by molar-refractivity contribution is 5.28. The molecule has 38 heavy (non-hydrogen) atoms. The van der Waals surface area contributed by atoms with Crippen LogP contribution in [0.2, 0.25) is 0 Å². The van der Waals surface area contributed by atoms with Gasteiger partial charge in [0, 0.05) is 31.7 Å². The number of nitrogens with zero attached hydrogens (tertiary/aromatic N) is 2. The zero-order valence-electron chi connectivity index (χ0n) is 20.4. The molecule has 0 radical (unpaired) electrons. The SMILES string of the molecule is Fc1cc(COC2CCN(N3CCC(OCc4cccc(C(F)(F)F)c4F)CC3)CC2)ccc1C(F)(F)F. The van der Waals surface area contributed by atoms with Crippen molar-refractivity contribution in [3.63, 3.8) is 0 Å². The molecule has 0 aromatic heterocycles. The van der Waals surface area contributed by atoms with Crippen LogP contribution in [0.25, 0.3) is 0 Å². The smallest absolute Gasteiger partial charge is 0.373 e. The molecule has 0 amide bonds. The third-order valence-corrected chi connectivity index (χ3v) is 6.92. The van der Waals surface area contributed by atoms with E-state index >= 15 is 0 Å². The van der Waals surface area contributed by atoms with E-state index in [1.807, 2.05) is 0 Å². The fourth-order valence-corrected chi connectivity index (χ4v) is 4.79. The first-order chi connectivity index (χ1) is 17.9. The van der Waals surface area contributed by atoms with Crippen molar-refractivity contribution in [3.05, 3.63) is 70.3 Å². The number of hydrogen-bond acceptors (Lipinski definition) is 4. The van der Waals surface area contributed by atoms with Gasteiger partial charge in [-0.05, 0) is 49.4 Å². The first-order valence-electron chi connectivity index (χ1n) is 12.3. The molecule has 210 valence electrons. The molecule has 2 aliphatic rings. The summed E-state index contributed by atoms with van der Waals surface area (Å²) in [6.07, 6.45) is -7.08. The van der Waals surface area contributed by atoms with Crippen LogP contribution in [-0.2, 0) is 35.0 Å². The van der Waals surface area contributed by atoms with Gasteiger partial charge in [-0.15, -0.1) is 0 Å². The molecule has 4 rings (SSSR count). The molecular formula is C26H28F8N2O2. The van der Waals surface area contributed by atoms with Crippen LogP contribution in [0.3, 0.4) is 0 Å². The Morgan fingerprint density at radius 2 is 1.21 bits per heavy atom. The molecule has 2 heterocycles. The maximum atomic E-state index is 14.2. The first kappa shape index (κ1) is 28.7. The van der Waals surface area contributed by atoms with Gasteiger partial charge in [0.1, 0.15) is 11.6 Å². The van der Waals surface area contributed by atoms with E-state index in [1.54, 1.807) is 0 Å². The van der Waals surface area contributed by atoms with E-state index in [0.717, 1.165) is 12.1 Å². The van der Waals surface area contributed by atoms with Crippen molar-refractivity contribution in [1.82, 2.24) is 10.0 Å². The predicted octanol–water partition coefficient (Wildman–Crippen LogP) is 6.58. The number of hydrazine groups is 1. The second-order valence-corrected chi connectivity index (χ2v) is 9.52. The molecule has 4 nitrogen and oxygen atoms in total. The highest BCUT2D eigenvalue weighted by Gasteiger charge is 2.35. The molecular weight excluding hydrogens is 524 g/mol. The van der Waals surface area contributed by atoms with Crippen LogP contribution in [-0.4, -0.2) is 48.4 Å². The summed E-state index contributed by atoms with van der Waals surface area (Å²) >= 11 is 0. The lowest BCUT2D eigenvalue weighted by atomic mass is 10.1. The zero-order chi connectivity index (χ0) is 27.5. The second kappa shape index (κ2) is 11.8. The van der Waals surface area contributed by atoms with E-state index in [-0.39, 0.29) is 31.0 Å². The molecule has 0 unspecified atom stereocenters. The number of ether oxygens (including phenoxy) is 2. The van der Waals surface area contributed by atoms with Crippen LogP contribution in [0.5, 0.6) is 0 Å². The Hall–Kier alpha value is -2.28. The minimum Gasteiger partial charge on any atom is -0.373 e. The average Bonchev–Trinajstić information content (AvgIpc) is 2.86. The summed E-state index contributed by atoms with van der Waals surface area (Å²) in [6.45, 7) is 2.60. The molecule has 12 heteroatoms. The van der Waals surface area contributed by atoms with Gasteiger partial charge in [0.15, 0.2) is 0 Å². The molecule has 2 aromatic carbocycles. The Labute approximate surface area is 215 Å². The van der Waals surface area contributed by atoms with Crippen molar-refractivity contribution in [2.24, 2.45) is 0 Å². The fraction of sp³-hybridized carbons (Fsp3) is 0.538. The highest BCUT2D eigenvalue weighted by atomic mass is 19.4. The molecule has 2 aliphatic heterocycles.